The molecule has 3 saturated carbocycles. The molecule has 0 amide bonds. The number of aromatic nitrogens is 5. The number of thiophene rings is 1. The van der Waals surface area contributed by atoms with Gasteiger partial charge in [-0.2, -0.15) is 5.10 Å². The van der Waals surface area contributed by atoms with Crippen LogP contribution in [0.3, 0.4) is 0 Å². The molecule has 3 fully saturated rings. The Morgan fingerprint density at radius 3 is 2.79 bits per heavy atom. The number of halogens is 1. The molecule has 2 bridgehead atoms. The van der Waals surface area contributed by atoms with E-state index in [1.165, 1.54) is 37.9 Å². The lowest BCUT2D eigenvalue weighted by Gasteiger charge is -2.47. The normalized spacial score (nSPS) is 26.4. The fraction of sp³-hybridized carbons (Fsp3) is 0.429. The highest BCUT2D eigenvalue weighted by Crippen LogP contribution is 2.46. The smallest absolute Gasteiger partial charge is 0.181 e. The molecule has 7 rings (SSSR count). The van der Waals surface area contributed by atoms with E-state index in [0.29, 0.717) is 40.4 Å². The lowest BCUT2D eigenvalue weighted by Crippen LogP contribution is -2.47. The van der Waals surface area contributed by atoms with Gasteiger partial charge < -0.3 is 5.32 Å². The quantitative estimate of drug-likeness (QED) is 0.498. The maximum atomic E-state index is 13.8. The maximum absolute atomic E-state index is 13.8. The molecule has 29 heavy (non-hydrogen) atoms. The number of hydrogen-bond donors (Lipinski definition) is 2. The number of aromatic amines is 1. The van der Waals surface area contributed by atoms with Gasteiger partial charge in [0, 0.05) is 6.04 Å². The van der Waals surface area contributed by atoms with E-state index in [2.05, 4.69) is 33.5 Å². The summed E-state index contributed by atoms with van der Waals surface area (Å²) in [4.78, 5) is 14.6. The fourth-order valence-corrected chi connectivity index (χ4v) is 6.05. The standard InChI is InChI=1S/C21H21FN6S/c1-10-11-2-4-12(5-3-11)16(10)24-19-14-6-7-29-21(14)26-20(25-19)17-15-8-13(22)9-23-18(15)28-27-17/h6-12,16H,2-5H2,1H3,(H,23,27,28)(H,24,25,26)/t10-,11?,12?,16+/m0/s1. The summed E-state index contributed by atoms with van der Waals surface area (Å²) >= 11 is 1.58. The minimum atomic E-state index is -0.400. The Kier molecular flexibility index (Phi) is 3.84. The van der Waals surface area contributed by atoms with Crippen LogP contribution in [0.25, 0.3) is 32.8 Å². The number of fused-ring (bicyclic) bond motifs is 5. The van der Waals surface area contributed by atoms with Gasteiger partial charge in [-0.15, -0.1) is 11.3 Å². The molecular formula is C21H21FN6S. The molecule has 3 aliphatic rings. The topological polar surface area (TPSA) is 79.4 Å². The first-order valence-electron chi connectivity index (χ1n) is 10.2. The van der Waals surface area contributed by atoms with Crippen LogP contribution in [0, 0.1) is 23.6 Å². The molecule has 0 radical (unpaired) electrons. The first kappa shape index (κ1) is 17.3. The third-order valence-corrected chi connectivity index (χ3v) is 7.67. The molecule has 4 aromatic rings. The SMILES string of the molecule is C[C@H]1C2CCC(CC2)[C@@H]1Nc1nc(-c2[nH]nc3ncc(F)cc23)nc2sccc12. The molecule has 0 aliphatic heterocycles. The minimum Gasteiger partial charge on any atom is -0.366 e. The average Bonchev–Trinajstić information content (AvgIpc) is 3.37. The van der Waals surface area contributed by atoms with Crippen molar-refractivity contribution in [3.8, 4) is 11.5 Å². The highest BCUT2D eigenvalue weighted by Gasteiger charge is 2.41. The van der Waals surface area contributed by atoms with Crippen LogP contribution in [-0.2, 0) is 0 Å². The molecular weight excluding hydrogens is 387 g/mol. The molecule has 0 spiro atoms. The number of anilines is 1. The first-order chi connectivity index (χ1) is 14.2. The molecule has 6 nitrogen and oxygen atoms in total. The van der Waals surface area contributed by atoms with E-state index in [1.54, 1.807) is 11.3 Å². The van der Waals surface area contributed by atoms with E-state index in [0.717, 1.165) is 22.0 Å². The van der Waals surface area contributed by atoms with Gasteiger partial charge in [-0.1, -0.05) is 6.92 Å². The number of H-pyrrole nitrogens is 1. The Bertz CT molecular complexity index is 1210. The van der Waals surface area contributed by atoms with Crippen LogP contribution in [0.15, 0.2) is 23.7 Å². The Hall–Kier alpha value is -2.61. The molecule has 3 aliphatic carbocycles. The molecule has 148 valence electrons. The van der Waals surface area contributed by atoms with Crippen LogP contribution in [-0.4, -0.2) is 31.2 Å². The lowest BCUT2D eigenvalue weighted by molar-refractivity contribution is 0.0929. The van der Waals surface area contributed by atoms with Crippen molar-refractivity contribution >= 4 is 38.4 Å². The number of hydrogen-bond acceptors (Lipinski definition) is 6. The third kappa shape index (κ3) is 2.73. The largest absolute Gasteiger partial charge is 0.366 e. The summed E-state index contributed by atoms with van der Waals surface area (Å²) in [5.41, 5.74) is 1.06. The number of pyridine rings is 1. The zero-order valence-electron chi connectivity index (χ0n) is 16.0. The molecule has 0 unspecified atom stereocenters. The van der Waals surface area contributed by atoms with Gasteiger partial charge in [-0.25, -0.2) is 19.3 Å². The van der Waals surface area contributed by atoms with Crippen LogP contribution in [0.5, 0.6) is 0 Å². The summed E-state index contributed by atoms with van der Waals surface area (Å²) in [7, 11) is 0. The van der Waals surface area contributed by atoms with Gasteiger partial charge in [0.25, 0.3) is 0 Å². The number of nitrogens with zero attached hydrogens (tertiary/aromatic N) is 4. The Morgan fingerprint density at radius 2 is 1.97 bits per heavy atom. The van der Waals surface area contributed by atoms with Gasteiger partial charge in [-0.05, 0) is 60.9 Å². The van der Waals surface area contributed by atoms with E-state index >= 15 is 0 Å². The second kappa shape index (κ2) is 6.45. The highest BCUT2D eigenvalue weighted by molar-refractivity contribution is 7.16. The number of nitrogens with one attached hydrogen (secondary N) is 2. The summed E-state index contributed by atoms with van der Waals surface area (Å²) in [5, 5.41) is 14.6. The lowest BCUT2D eigenvalue weighted by atomic mass is 9.62. The summed E-state index contributed by atoms with van der Waals surface area (Å²) in [6.07, 6.45) is 6.47. The van der Waals surface area contributed by atoms with Crippen molar-refractivity contribution in [1.82, 2.24) is 25.1 Å². The van der Waals surface area contributed by atoms with Crippen molar-refractivity contribution in [2.75, 3.05) is 5.32 Å². The van der Waals surface area contributed by atoms with E-state index in [9.17, 15) is 4.39 Å². The molecule has 4 heterocycles. The summed E-state index contributed by atoms with van der Waals surface area (Å²) < 4.78 is 13.8. The molecule has 0 aromatic carbocycles. The zero-order valence-corrected chi connectivity index (χ0v) is 16.8. The van der Waals surface area contributed by atoms with E-state index in [-0.39, 0.29) is 0 Å². The predicted octanol–water partition coefficient (Wildman–Crippen LogP) is 5.01. The molecule has 2 atom stereocenters. The third-order valence-electron chi connectivity index (χ3n) is 6.86. The van der Waals surface area contributed by atoms with Crippen molar-refractivity contribution in [3.63, 3.8) is 0 Å². The molecule has 4 aromatic heterocycles. The monoisotopic (exact) mass is 408 g/mol. The average molecular weight is 409 g/mol. The van der Waals surface area contributed by atoms with Crippen molar-refractivity contribution in [2.24, 2.45) is 17.8 Å². The molecule has 2 N–H and O–H groups in total. The first-order valence-corrected chi connectivity index (χ1v) is 11.1. The van der Waals surface area contributed by atoms with Crippen LogP contribution in [0.4, 0.5) is 10.2 Å². The molecule has 8 heteroatoms. The zero-order chi connectivity index (χ0) is 19.5. The van der Waals surface area contributed by atoms with Crippen LogP contribution in [0.1, 0.15) is 32.6 Å². The van der Waals surface area contributed by atoms with Crippen LogP contribution < -0.4 is 5.32 Å². The Labute approximate surface area is 171 Å². The van der Waals surface area contributed by atoms with Crippen LogP contribution >= 0.6 is 11.3 Å². The van der Waals surface area contributed by atoms with Gasteiger partial charge in [0.15, 0.2) is 11.5 Å². The molecule has 0 saturated heterocycles. The number of rotatable bonds is 3. The summed E-state index contributed by atoms with van der Waals surface area (Å²) in [6.45, 7) is 2.37. The summed E-state index contributed by atoms with van der Waals surface area (Å²) in [6, 6.07) is 3.94. The van der Waals surface area contributed by atoms with Gasteiger partial charge in [0.2, 0.25) is 0 Å². The Balaban J connectivity index is 1.46. The maximum Gasteiger partial charge on any atom is 0.181 e. The summed E-state index contributed by atoms with van der Waals surface area (Å²) in [5.74, 6) is 3.13. The van der Waals surface area contributed by atoms with Crippen LogP contribution in [0.2, 0.25) is 0 Å². The van der Waals surface area contributed by atoms with Crippen molar-refractivity contribution in [1.29, 1.82) is 0 Å². The van der Waals surface area contributed by atoms with Gasteiger partial charge in [0.05, 0.1) is 17.0 Å². The predicted molar refractivity (Wildman–Crippen MR) is 112 cm³/mol. The van der Waals surface area contributed by atoms with E-state index in [1.807, 2.05) is 5.38 Å². The van der Waals surface area contributed by atoms with E-state index < -0.39 is 5.82 Å². The van der Waals surface area contributed by atoms with Crippen molar-refractivity contribution < 1.29 is 4.39 Å². The van der Waals surface area contributed by atoms with Crippen molar-refractivity contribution in [2.45, 2.75) is 38.6 Å². The minimum absolute atomic E-state index is 0.400. The fourth-order valence-electron chi connectivity index (χ4n) is 5.28. The van der Waals surface area contributed by atoms with Gasteiger partial charge in [0.1, 0.15) is 22.2 Å². The highest BCUT2D eigenvalue weighted by atomic mass is 32.1. The van der Waals surface area contributed by atoms with Gasteiger partial charge in [-0.3, -0.25) is 5.10 Å². The van der Waals surface area contributed by atoms with E-state index in [4.69, 9.17) is 9.97 Å². The second-order valence-electron chi connectivity index (χ2n) is 8.36. The van der Waals surface area contributed by atoms with Gasteiger partial charge >= 0.3 is 0 Å². The van der Waals surface area contributed by atoms with Crippen molar-refractivity contribution in [3.05, 3.63) is 29.5 Å². The second-order valence-corrected chi connectivity index (χ2v) is 9.26. The Morgan fingerprint density at radius 1 is 1.14 bits per heavy atom.